The zero-order chi connectivity index (χ0) is 10.0. The fourth-order valence-corrected chi connectivity index (χ4v) is 1.31. The van der Waals surface area contributed by atoms with Crippen LogP contribution < -0.4 is 10.6 Å². The van der Waals surface area contributed by atoms with Crippen molar-refractivity contribution in [3.8, 4) is 0 Å². The Kier molecular flexibility index (Phi) is 2.25. The maximum Gasteiger partial charge on any atom is 0.131 e. The van der Waals surface area contributed by atoms with E-state index < -0.39 is 0 Å². The number of aliphatic hydroxyl groups is 1. The summed E-state index contributed by atoms with van der Waals surface area (Å²) >= 11 is 0. The summed E-state index contributed by atoms with van der Waals surface area (Å²) in [5, 5.41) is 15.3. The molecule has 1 aromatic rings. The molecule has 2 rings (SSSR count). The van der Waals surface area contributed by atoms with Crippen molar-refractivity contribution >= 4 is 11.6 Å². The summed E-state index contributed by atoms with van der Waals surface area (Å²) in [5.41, 5.74) is -0.126. The van der Waals surface area contributed by atoms with Gasteiger partial charge in [0.15, 0.2) is 0 Å². The lowest BCUT2D eigenvalue weighted by Gasteiger charge is -2.14. The largest absolute Gasteiger partial charge is 0.394 e. The lowest BCUT2D eigenvalue weighted by molar-refractivity contribution is 0.266. The fraction of sp³-hybridized carbons (Fsp3) is 0.556. The number of aromatic nitrogens is 2. The molecule has 76 valence electrons. The van der Waals surface area contributed by atoms with Crippen LogP contribution in [-0.2, 0) is 0 Å². The number of nitrogens with one attached hydrogen (secondary N) is 2. The SMILES string of the molecule is CNc1cc(NC2(CO)CC2)ncn1. The Balaban J connectivity index is 2.09. The molecule has 0 amide bonds. The van der Waals surface area contributed by atoms with Crippen molar-refractivity contribution in [2.45, 2.75) is 18.4 Å². The molecule has 5 heteroatoms. The molecule has 0 saturated heterocycles. The molecule has 0 bridgehead atoms. The highest BCUT2D eigenvalue weighted by Crippen LogP contribution is 2.37. The number of rotatable bonds is 4. The molecule has 0 aromatic carbocycles. The molecule has 1 saturated carbocycles. The van der Waals surface area contributed by atoms with Crippen LogP contribution in [0.1, 0.15) is 12.8 Å². The van der Waals surface area contributed by atoms with Gasteiger partial charge in [0.1, 0.15) is 18.0 Å². The van der Waals surface area contributed by atoms with Crippen molar-refractivity contribution < 1.29 is 5.11 Å². The molecule has 0 unspecified atom stereocenters. The van der Waals surface area contributed by atoms with E-state index in [0.29, 0.717) is 0 Å². The van der Waals surface area contributed by atoms with Gasteiger partial charge in [0.2, 0.25) is 0 Å². The lowest BCUT2D eigenvalue weighted by atomic mass is 10.3. The van der Waals surface area contributed by atoms with Crippen molar-refractivity contribution in [3.05, 3.63) is 12.4 Å². The number of anilines is 2. The van der Waals surface area contributed by atoms with E-state index in [-0.39, 0.29) is 12.1 Å². The quantitative estimate of drug-likeness (QED) is 0.649. The van der Waals surface area contributed by atoms with Crippen LogP contribution in [0.5, 0.6) is 0 Å². The number of nitrogens with zero attached hydrogens (tertiary/aromatic N) is 2. The highest BCUT2D eigenvalue weighted by molar-refractivity contribution is 5.48. The zero-order valence-corrected chi connectivity index (χ0v) is 8.12. The van der Waals surface area contributed by atoms with Gasteiger partial charge >= 0.3 is 0 Å². The molecule has 1 aliphatic rings. The average molecular weight is 194 g/mol. The molecule has 0 spiro atoms. The predicted octanol–water partition coefficient (Wildman–Crippen LogP) is 0.455. The van der Waals surface area contributed by atoms with Gasteiger partial charge in [-0.25, -0.2) is 9.97 Å². The topological polar surface area (TPSA) is 70.1 Å². The van der Waals surface area contributed by atoms with Crippen LogP contribution in [0, 0.1) is 0 Å². The van der Waals surface area contributed by atoms with Crippen molar-refractivity contribution in [1.82, 2.24) is 9.97 Å². The van der Waals surface area contributed by atoms with E-state index in [1.807, 2.05) is 13.1 Å². The van der Waals surface area contributed by atoms with Crippen LogP contribution in [-0.4, -0.2) is 34.3 Å². The second-order valence-electron chi connectivity index (χ2n) is 3.60. The van der Waals surface area contributed by atoms with Crippen LogP contribution in [0.2, 0.25) is 0 Å². The molecule has 0 radical (unpaired) electrons. The van der Waals surface area contributed by atoms with E-state index in [4.69, 9.17) is 5.11 Å². The normalized spacial score (nSPS) is 17.6. The summed E-state index contributed by atoms with van der Waals surface area (Å²) in [6.07, 6.45) is 3.51. The molecule has 1 heterocycles. The Morgan fingerprint density at radius 1 is 1.43 bits per heavy atom. The molecule has 14 heavy (non-hydrogen) atoms. The third-order valence-corrected chi connectivity index (χ3v) is 2.47. The Labute approximate surface area is 82.6 Å². The summed E-state index contributed by atoms with van der Waals surface area (Å²) in [6, 6.07) is 1.83. The Hall–Kier alpha value is -1.36. The van der Waals surface area contributed by atoms with Crippen molar-refractivity contribution in [2.75, 3.05) is 24.3 Å². The highest BCUT2D eigenvalue weighted by Gasteiger charge is 2.42. The Bertz CT molecular complexity index is 324. The second kappa shape index (κ2) is 3.42. The first kappa shape index (κ1) is 9.21. The van der Waals surface area contributed by atoms with Gasteiger partial charge in [0.05, 0.1) is 12.1 Å². The highest BCUT2D eigenvalue weighted by atomic mass is 16.3. The van der Waals surface area contributed by atoms with E-state index in [1.54, 1.807) is 0 Å². The zero-order valence-electron chi connectivity index (χ0n) is 8.12. The fourth-order valence-electron chi connectivity index (χ4n) is 1.31. The molecule has 1 aliphatic carbocycles. The van der Waals surface area contributed by atoms with Gasteiger partial charge in [0.25, 0.3) is 0 Å². The van der Waals surface area contributed by atoms with Crippen molar-refractivity contribution in [1.29, 1.82) is 0 Å². The predicted molar refractivity (Wildman–Crippen MR) is 54.3 cm³/mol. The van der Waals surface area contributed by atoms with Gasteiger partial charge in [0, 0.05) is 13.1 Å². The van der Waals surface area contributed by atoms with E-state index in [1.165, 1.54) is 6.33 Å². The van der Waals surface area contributed by atoms with E-state index in [0.717, 1.165) is 24.5 Å². The van der Waals surface area contributed by atoms with Crippen LogP contribution in [0.4, 0.5) is 11.6 Å². The van der Waals surface area contributed by atoms with Gasteiger partial charge in [-0.3, -0.25) is 0 Å². The van der Waals surface area contributed by atoms with Gasteiger partial charge in [-0.2, -0.15) is 0 Å². The minimum Gasteiger partial charge on any atom is -0.394 e. The maximum atomic E-state index is 9.12. The Morgan fingerprint density at radius 3 is 2.71 bits per heavy atom. The minimum absolute atomic E-state index is 0.126. The monoisotopic (exact) mass is 194 g/mol. The number of hydrogen-bond acceptors (Lipinski definition) is 5. The summed E-state index contributed by atoms with van der Waals surface area (Å²) in [4.78, 5) is 8.10. The van der Waals surface area contributed by atoms with Crippen molar-refractivity contribution in [3.63, 3.8) is 0 Å². The molecule has 1 aromatic heterocycles. The summed E-state index contributed by atoms with van der Waals surface area (Å²) < 4.78 is 0. The first-order valence-electron chi connectivity index (χ1n) is 4.67. The first-order valence-corrected chi connectivity index (χ1v) is 4.67. The number of hydrogen-bond donors (Lipinski definition) is 3. The molecule has 3 N–H and O–H groups in total. The van der Waals surface area contributed by atoms with Crippen molar-refractivity contribution in [2.24, 2.45) is 0 Å². The third kappa shape index (κ3) is 1.77. The standard InChI is InChI=1S/C9H14N4O/c1-10-7-4-8(12-6-11-7)13-9(5-14)2-3-9/h4,6,14H,2-3,5H2,1H3,(H2,10,11,12,13). The van der Waals surface area contributed by atoms with Gasteiger partial charge < -0.3 is 15.7 Å². The summed E-state index contributed by atoms with van der Waals surface area (Å²) in [5.74, 6) is 1.53. The van der Waals surface area contributed by atoms with Crippen LogP contribution in [0.15, 0.2) is 12.4 Å². The smallest absolute Gasteiger partial charge is 0.131 e. The lowest BCUT2D eigenvalue weighted by Crippen LogP contribution is -2.26. The van der Waals surface area contributed by atoms with E-state index >= 15 is 0 Å². The molecular formula is C9H14N4O. The van der Waals surface area contributed by atoms with E-state index in [9.17, 15) is 0 Å². The summed E-state index contributed by atoms with van der Waals surface area (Å²) in [6.45, 7) is 0.159. The molecule has 0 atom stereocenters. The molecule has 1 fully saturated rings. The molecule has 0 aliphatic heterocycles. The second-order valence-corrected chi connectivity index (χ2v) is 3.60. The van der Waals surface area contributed by atoms with Crippen LogP contribution >= 0.6 is 0 Å². The summed E-state index contributed by atoms with van der Waals surface area (Å²) in [7, 11) is 1.81. The minimum atomic E-state index is -0.126. The van der Waals surface area contributed by atoms with Crippen LogP contribution in [0.3, 0.4) is 0 Å². The third-order valence-electron chi connectivity index (χ3n) is 2.47. The average Bonchev–Trinajstić information content (AvgIpc) is 2.99. The molecule has 5 nitrogen and oxygen atoms in total. The first-order chi connectivity index (χ1) is 6.78. The maximum absolute atomic E-state index is 9.12. The molecular weight excluding hydrogens is 180 g/mol. The van der Waals surface area contributed by atoms with Crippen LogP contribution in [0.25, 0.3) is 0 Å². The van der Waals surface area contributed by atoms with E-state index in [2.05, 4.69) is 20.6 Å². The van der Waals surface area contributed by atoms with Gasteiger partial charge in [-0.1, -0.05) is 0 Å². The number of aliphatic hydroxyl groups excluding tert-OH is 1. The van der Waals surface area contributed by atoms with Gasteiger partial charge in [-0.15, -0.1) is 0 Å². The Morgan fingerprint density at radius 2 is 2.14 bits per heavy atom. The van der Waals surface area contributed by atoms with Gasteiger partial charge in [-0.05, 0) is 12.8 Å².